The van der Waals surface area contributed by atoms with Crippen molar-refractivity contribution in [1.29, 1.82) is 0 Å². The predicted molar refractivity (Wildman–Crippen MR) is 46.0 cm³/mol. The Bertz CT molecular complexity index is 141. The van der Waals surface area contributed by atoms with Crippen molar-refractivity contribution in [3.05, 3.63) is 12.4 Å². The first kappa shape index (κ1) is 10.1. The quantitative estimate of drug-likeness (QED) is 0.345. The Morgan fingerprint density at radius 2 is 2.55 bits per heavy atom. The summed E-state index contributed by atoms with van der Waals surface area (Å²) in [5, 5.41) is 0. The number of hydrogen-bond donors (Lipinski definition) is 2. The molecular formula is C7H15N3O. The highest BCUT2D eigenvalue weighted by atomic mass is 16.5. The Kier molecular flexibility index (Phi) is 5.42. The first-order valence-corrected chi connectivity index (χ1v) is 3.47. The lowest BCUT2D eigenvalue weighted by Crippen LogP contribution is -2.20. The molecule has 0 rings (SSSR count). The summed E-state index contributed by atoms with van der Waals surface area (Å²) in [7, 11) is 1.64. The molecule has 0 aliphatic rings. The Morgan fingerprint density at radius 3 is 2.91 bits per heavy atom. The summed E-state index contributed by atoms with van der Waals surface area (Å²) in [5.41, 5.74) is 2.32. The van der Waals surface area contributed by atoms with E-state index >= 15 is 0 Å². The summed E-state index contributed by atoms with van der Waals surface area (Å²) < 4.78 is 5.04. The Hall–Kier alpha value is -0.870. The first-order chi connectivity index (χ1) is 5.24. The van der Waals surface area contributed by atoms with Crippen LogP contribution in [-0.4, -0.2) is 19.4 Å². The standard InChI is InChI=1S/C7H15N3O/c1-4-7(11-3)5-9-6(2)10-8/h5,7,10H,2,4,8H2,1,3H3. The van der Waals surface area contributed by atoms with Gasteiger partial charge in [0.05, 0.1) is 6.10 Å². The Morgan fingerprint density at radius 1 is 1.91 bits per heavy atom. The number of hydrazine groups is 1. The normalized spacial score (nSPS) is 13.4. The molecule has 64 valence electrons. The van der Waals surface area contributed by atoms with E-state index in [0.717, 1.165) is 6.42 Å². The van der Waals surface area contributed by atoms with Crippen LogP contribution in [0.3, 0.4) is 0 Å². The van der Waals surface area contributed by atoms with Crippen molar-refractivity contribution in [2.75, 3.05) is 7.11 Å². The number of nitrogens with two attached hydrogens (primary N) is 1. The number of rotatable bonds is 5. The summed E-state index contributed by atoms with van der Waals surface area (Å²) >= 11 is 0. The largest absolute Gasteiger partial charge is 0.376 e. The van der Waals surface area contributed by atoms with Crippen molar-refractivity contribution in [3.8, 4) is 0 Å². The molecule has 0 aromatic rings. The minimum atomic E-state index is 0.0418. The highest BCUT2D eigenvalue weighted by Crippen LogP contribution is 1.93. The molecule has 0 fully saturated rings. The van der Waals surface area contributed by atoms with Crippen molar-refractivity contribution >= 4 is 6.21 Å². The Balaban J connectivity index is 3.78. The lowest BCUT2D eigenvalue weighted by Gasteiger charge is -2.05. The number of nitrogens with one attached hydrogen (secondary N) is 1. The van der Waals surface area contributed by atoms with Crippen molar-refractivity contribution in [2.24, 2.45) is 10.8 Å². The SMILES string of the molecule is C=C(N=CC(CC)OC)NN. The second kappa shape index (κ2) is 5.88. The molecule has 1 atom stereocenters. The average molecular weight is 157 g/mol. The van der Waals surface area contributed by atoms with E-state index in [1.165, 1.54) is 0 Å². The van der Waals surface area contributed by atoms with E-state index in [-0.39, 0.29) is 6.10 Å². The van der Waals surface area contributed by atoms with Gasteiger partial charge in [0, 0.05) is 13.3 Å². The average Bonchev–Trinajstić information content (AvgIpc) is 2.06. The zero-order chi connectivity index (χ0) is 8.69. The van der Waals surface area contributed by atoms with E-state index in [2.05, 4.69) is 17.0 Å². The number of hydrogen-bond acceptors (Lipinski definition) is 4. The number of aliphatic imine (C=N–C) groups is 1. The van der Waals surface area contributed by atoms with Crippen LogP contribution in [-0.2, 0) is 4.74 Å². The van der Waals surface area contributed by atoms with E-state index in [4.69, 9.17) is 10.6 Å². The fourth-order valence-electron chi connectivity index (χ4n) is 0.543. The van der Waals surface area contributed by atoms with Crippen LogP contribution in [0.4, 0.5) is 0 Å². The maximum Gasteiger partial charge on any atom is 0.132 e. The zero-order valence-corrected chi connectivity index (χ0v) is 7.00. The number of methoxy groups -OCH3 is 1. The van der Waals surface area contributed by atoms with E-state index in [0.29, 0.717) is 5.82 Å². The van der Waals surface area contributed by atoms with Crippen LogP contribution in [0, 0.1) is 0 Å². The molecule has 11 heavy (non-hydrogen) atoms. The second-order valence-corrected chi connectivity index (χ2v) is 2.05. The van der Waals surface area contributed by atoms with Crippen LogP contribution < -0.4 is 11.3 Å². The molecule has 0 amide bonds. The molecule has 0 aliphatic heterocycles. The van der Waals surface area contributed by atoms with E-state index < -0.39 is 0 Å². The van der Waals surface area contributed by atoms with Crippen molar-refractivity contribution < 1.29 is 4.74 Å². The summed E-state index contributed by atoms with van der Waals surface area (Å²) in [6, 6.07) is 0. The molecule has 0 spiro atoms. The van der Waals surface area contributed by atoms with Gasteiger partial charge in [-0.15, -0.1) is 0 Å². The Labute approximate surface area is 67.1 Å². The summed E-state index contributed by atoms with van der Waals surface area (Å²) in [6.45, 7) is 5.54. The molecule has 3 N–H and O–H groups in total. The summed E-state index contributed by atoms with van der Waals surface area (Å²) in [4.78, 5) is 3.90. The zero-order valence-electron chi connectivity index (χ0n) is 7.00. The lowest BCUT2D eigenvalue weighted by atomic mass is 10.3. The summed E-state index contributed by atoms with van der Waals surface area (Å²) in [5.74, 6) is 5.47. The highest BCUT2D eigenvalue weighted by Gasteiger charge is 1.97. The lowest BCUT2D eigenvalue weighted by molar-refractivity contribution is 0.156. The third-order valence-corrected chi connectivity index (χ3v) is 1.27. The maximum atomic E-state index is 5.04. The second-order valence-electron chi connectivity index (χ2n) is 2.05. The smallest absolute Gasteiger partial charge is 0.132 e. The van der Waals surface area contributed by atoms with Crippen LogP contribution in [0.25, 0.3) is 0 Å². The summed E-state index contributed by atoms with van der Waals surface area (Å²) in [6.07, 6.45) is 2.60. The molecule has 0 heterocycles. The third-order valence-electron chi connectivity index (χ3n) is 1.27. The minimum Gasteiger partial charge on any atom is -0.376 e. The van der Waals surface area contributed by atoms with Crippen LogP contribution in [0.15, 0.2) is 17.4 Å². The molecule has 0 bridgehead atoms. The van der Waals surface area contributed by atoms with Gasteiger partial charge in [0.1, 0.15) is 5.82 Å². The van der Waals surface area contributed by atoms with Gasteiger partial charge in [-0.3, -0.25) is 0 Å². The molecule has 4 nitrogen and oxygen atoms in total. The van der Waals surface area contributed by atoms with Gasteiger partial charge in [0.2, 0.25) is 0 Å². The van der Waals surface area contributed by atoms with Gasteiger partial charge < -0.3 is 10.2 Å². The molecule has 0 aliphatic carbocycles. The predicted octanol–water partition coefficient (Wildman–Crippen LogP) is 0.417. The van der Waals surface area contributed by atoms with Gasteiger partial charge in [-0.05, 0) is 6.42 Å². The third kappa shape index (κ3) is 4.52. The molecule has 0 radical (unpaired) electrons. The molecule has 1 unspecified atom stereocenters. The number of nitrogens with zero attached hydrogens (tertiary/aromatic N) is 1. The van der Waals surface area contributed by atoms with Crippen LogP contribution in [0.2, 0.25) is 0 Å². The maximum absolute atomic E-state index is 5.04. The first-order valence-electron chi connectivity index (χ1n) is 3.47. The molecule has 4 heteroatoms. The number of ether oxygens (including phenoxy) is 1. The van der Waals surface area contributed by atoms with Crippen LogP contribution in [0.1, 0.15) is 13.3 Å². The van der Waals surface area contributed by atoms with Gasteiger partial charge in [0.25, 0.3) is 0 Å². The monoisotopic (exact) mass is 157 g/mol. The van der Waals surface area contributed by atoms with Gasteiger partial charge >= 0.3 is 0 Å². The van der Waals surface area contributed by atoms with Crippen molar-refractivity contribution in [1.82, 2.24) is 5.43 Å². The highest BCUT2D eigenvalue weighted by molar-refractivity contribution is 5.64. The fraction of sp³-hybridized carbons (Fsp3) is 0.571. The van der Waals surface area contributed by atoms with Crippen LogP contribution >= 0.6 is 0 Å². The van der Waals surface area contributed by atoms with Gasteiger partial charge in [0.15, 0.2) is 0 Å². The van der Waals surface area contributed by atoms with Crippen molar-refractivity contribution in [2.45, 2.75) is 19.4 Å². The van der Waals surface area contributed by atoms with Crippen LogP contribution in [0.5, 0.6) is 0 Å². The van der Waals surface area contributed by atoms with Gasteiger partial charge in [-0.1, -0.05) is 13.5 Å². The van der Waals surface area contributed by atoms with Gasteiger partial charge in [-0.2, -0.15) is 0 Å². The molecule has 0 saturated carbocycles. The molecule has 0 saturated heterocycles. The molecular weight excluding hydrogens is 142 g/mol. The minimum absolute atomic E-state index is 0.0418. The molecule has 0 aromatic heterocycles. The van der Waals surface area contributed by atoms with E-state index in [9.17, 15) is 0 Å². The topological polar surface area (TPSA) is 59.6 Å². The molecule has 0 aromatic carbocycles. The van der Waals surface area contributed by atoms with Crippen molar-refractivity contribution in [3.63, 3.8) is 0 Å². The van der Waals surface area contributed by atoms with E-state index in [1.54, 1.807) is 13.3 Å². The fourth-order valence-corrected chi connectivity index (χ4v) is 0.543. The van der Waals surface area contributed by atoms with Gasteiger partial charge in [-0.25, -0.2) is 10.8 Å². The van der Waals surface area contributed by atoms with E-state index in [1.807, 2.05) is 6.92 Å².